The molecule has 0 spiro atoms. The lowest BCUT2D eigenvalue weighted by Crippen LogP contribution is -2.40. The SMILES string of the molecule is O=C1c2ccccc2CCN1CC(O)c1ccccc1. The van der Waals surface area contributed by atoms with E-state index in [0.717, 1.165) is 23.1 Å². The van der Waals surface area contributed by atoms with Gasteiger partial charge in [0.1, 0.15) is 0 Å². The van der Waals surface area contributed by atoms with E-state index in [1.54, 1.807) is 4.90 Å². The molecule has 1 aliphatic heterocycles. The summed E-state index contributed by atoms with van der Waals surface area (Å²) in [6, 6.07) is 17.2. The first-order chi connectivity index (χ1) is 9.75. The molecule has 1 amide bonds. The number of nitrogens with zero attached hydrogens (tertiary/aromatic N) is 1. The lowest BCUT2D eigenvalue weighted by Gasteiger charge is -2.30. The lowest BCUT2D eigenvalue weighted by atomic mass is 9.98. The molecule has 0 aromatic heterocycles. The van der Waals surface area contributed by atoms with Crippen molar-refractivity contribution in [3.05, 3.63) is 71.3 Å². The number of hydrogen-bond donors (Lipinski definition) is 1. The molecule has 1 heterocycles. The highest BCUT2D eigenvalue weighted by atomic mass is 16.3. The van der Waals surface area contributed by atoms with Crippen LogP contribution in [-0.2, 0) is 6.42 Å². The van der Waals surface area contributed by atoms with Gasteiger partial charge >= 0.3 is 0 Å². The first-order valence-corrected chi connectivity index (χ1v) is 6.86. The summed E-state index contributed by atoms with van der Waals surface area (Å²) in [7, 11) is 0. The number of rotatable bonds is 3. The van der Waals surface area contributed by atoms with E-state index >= 15 is 0 Å². The van der Waals surface area contributed by atoms with Crippen LogP contribution in [0.25, 0.3) is 0 Å². The van der Waals surface area contributed by atoms with Crippen LogP contribution in [0.3, 0.4) is 0 Å². The van der Waals surface area contributed by atoms with E-state index in [2.05, 4.69) is 0 Å². The Bertz CT molecular complexity index is 609. The van der Waals surface area contributed by atoms with Crippen molar-refractivity contribution in [1.82, 2.24) is 4.90 Å². The van der Waals surface area contributed by atoms with Gasteiger partial charge in [0.2, 0.25) is 0 Å². The lowest BCUT2D eigenvalue weighted by molar-refractivity contribution is 0.0604. The van der Waals surface area contributed by atoms with Crippen LogP contribution in [-0.4, -0.2) is 29.0 Å². The smallest absolute Gasteiger partial charge is 0.254 e. The molecule has 3 nitrogen and oxygen atoms in total. The number of carbonyl (C=O) groups excluding carboxylic acids is 1. The largest absolute Gasteiger partial charge is 0.387 e. The fourth-order valence-electron chi connectivity index (χ4n) is 2.64. The molecule has 102 valence electrons. The van der Waals surface area contributed by atoms with Gasteiger partial charge in [0.25, 0.3) is 5.91 Å². The van der Waals surface area contributed by atoms with Crippen molar-refractivity contribution in [3.8, 4) is 0 Å². The average molecular weight is 267 g/mol. The van der Waals surface area contributed by atoms with Crippen molar-refractivity contribution in [2.75, 3.05) is 13.1 Å². The Morgan fingerprint density at radius 3 is 2.55 bits per heavy atom. The summed E-state index contributed by atoms with van der Waals surface area (Å²) in [6.07, 6.45) is 0.217. The fraction of sp³-hybridized carbons (Fsp3) is 0.235. The van der Waals surface area contributed by atoms with Crippen molar-refractivity contribution in [2.45, 2.75) is 12.5 Å². The highest BCUT2D eigenvalue weighted by Crippen LogP contribution is 2.21. The summed E-state index contributed by atoms with van der Waals surface area (Å²) >= 11 is 0. The van der Waals surface area contributed by atoms with E-state index in [-0.39, 0.29) is 5.91 Å². The molecular weight excluding hydrogens is 250 g/mol. The Morgan fingerprint density at radius 2 is 1.75 bits per heavy atom. The number of fused-ring (bicyclic) bond motifs is 1. The average Bonchev–Trinajstić information content (AvgIpc) is 2.51. The van der Waals surface area contributed by atoms with Gasteiger partial charge in [-0.15, -0.1) is 0 Å². The molecule has 1 N–H and O–H groups in total. The molecule has 0 saturated heterocycles. The van der Waals surface area contributed by atoms with Crippen LogP contribution in [0, 0.1) is 0 Å². The Hall–Kier alpha value is -2.13. The van der Waals surface area contributed by atoms with E-state index in [9.17, 15) is 9.90 Å². The number of aliphatic hydroxyl groups excluding tert-OH is 1. The molecule has 0 radical (unpaired) electrons. The van der Waals surface area contributed by atoms with Crippen LogP contribution in [0.4, 0.5) is 0 Å². The molecule has 0 aliphatic carbocycles. The van der Waals surface area contributed by atoms with Gasteiger partial charge in [0.05, 0.1) is 12.6 Å². The van der Waals surface area contributed by atoms with Gasteiger partial charge in [-0.2, -0.15) is 0 Å². The Morgan fingerprint density at radius 1 is 1.05 bits per heavy atom. The van der Waals surface area contributed by atoms with Crippen molar-refractivity contribution in [3.63, 3.8) is 0 Å². The highest BCUT2D eigenvalue weighted by Gasteiger charge is 2.25. The minimum absolute atomic E-state index is 0.0156. The van der Waals surface area contributed by atoms with Crippen molar-refractivity contribution in [1.29, 1.82) is 0 Å². The molecule has 1 unspecified atom stereocenters. The van der Waals surface area contributed by atoms with Gasteiger partial charge in [-0.25, -0.2) is 0 Å². The molecule has 0 fully saturated rings. The Balaban J connectivity index is 1.75. The fourth-order valence-corrected chi connectivity index (χ4v) is 2.64. The molecule has 3 rings (SSSR count). The van der Waals surface area contributed by atoms with Crippen LogP contribution < -0.4 is 0 Å². The predicted octanol–water partition coefficient (Wildman–Crippen LogP) is 2.42. The Labute approximate surface area is 118 Å². The molecule has 0 bridgehead atoms. The zero-order chi connectivity index (χ0) is 13.9. The van der Waals surface area contributed by atoms with Crippen LogP contribution >= 0.6 is 0 Å². The maximum atomic E-state index is 12.4. The van der Waals surface area contributed by atoms with E-state index in [1.165, 1.54) is 0 Å². The third-order valence-electron chi connectivity index (χ3n) is 3.76. The summed E-state index contributed by atoms with van der Waals surface area (Å²) in [5.74, 6) is 0.0156. The van der Waals surface area contributed by atoms with Gasteiger partial charge in [0.15, 0.2) is 0 Å². The molecule has 0 saturated carbocycles. The quantitative estimate of drug-likeness (QED) is 0.927. The summed E-state index contributed by atoms with van der Waals surface area (Å²) in [5.41, 5.74) is 2.71. The molecule has 20 heavy (non-hydrogen) atoms. The third kappa shape index (κ3) is 2.45. The first-order valence-electron chi connectivity index (χ1n) is 6.86. The van der Waals surface area contributed by atoms with E-state index in [0.29, 0.717) is 13.1 Å². The normalized spacial score (nSPS) is 15.8. The summed E-state index contributed by atoms with van der Waals surface area (Å²) < 4.78 is 0. The molecule has 1 aliphatic rings. The van der Waals surface area contributed by atoms with Gasteiger partial charge < -0.3 is 10.0 Å². The van der Waals surface area contributed by atoms with Crippen molar-refractivity contribution >= 4 is 5.91 Å². The van der Waals surface area contributed by atoms with Crippen LogP contribution in [0.5, 0.6) is 0 Å². The standard InChI is InChI=1S/C17H17NO2/c19-16(14-7-2-1-3-8-14)12-18-11-10-13-6-4-5-9-15(13)17(18)20/h1-9,16,19H,10-12H2. The van der Waals surface area contributed by atoms with Gasteiger partial charge in [-0.1, -0.05) is 48.5 Å². The molecule has 3 heteroatoms. The number of carbonyl (C=O) groups is 1. The predicted molar refractivity (Wildman–Crippen MR) is 77.5 cm³/mol. The van der Waals surface area contributed by atoms with Crippen molar-refractivity contribution in [2.24, 2.45) is 0 Å². The third-order valence-corrected chi connectivity index (χ3v) is 3.76. The second-order valence-corrected chi connectivity index (χ2v) is 5.08. The van der Waals surface area contributed by atoms with Crippen molar-refractivity contribution < 1.29 is 9.90 Å². The topological polar surface area (TPSA) is 40.5 Å². The minimum Gasteiger partial charge on any atom is -0.387 e. The van der Waals surface area contributed by atoms with Crippen LogP contribution in [0.2, 0.25) is 0 Å². The zero-order valence-electron chi connectivity index (χ0n) is 11.2. The summed E-state index contributed by atoms with van der Waals surface area (Å²) in [5, 5.41) is 10.2. The zero-order valence-corrected chi connectivity index (χ0v) is 11.2. The number of aliphatic hydroxyl groups is 1. The molecule has 2 aromatic rings. The second kappa shape index (κ2) is 5.47. The van der Waals surface area contributed by atoms with Crippen LogP contribution in [0.15, 0.2) is 54.6 Å². The number of amides is 1. The maximum Gasteiger partial charge on any atom is 0.254 e. The number of benzene rings is 2. The summed E-state index contributed by atoms with van der Waals surface area (Å²) in [4.78, 5) is 14.1. The number of hydrogen-bond acceptors (Lipinski definition) is 2. The highest BCUT2D eigenvalue weighted by molar-refractivity contribution is 5.96. The monoisotopic (exact) mass is 267 g/mol. The summed E-state index contributed by atoms with van der Waals surface area (Å²) in [6.45, 7) is 1.01. The molecule has 1 atom stereocenters. The van der Waals surface area contributed by atoms with E-state index < -0.39 is 6.10 Å². The Kier molecular flexibility index (Phi) is 3.52. The number of β-amino-alcohol motifs (C(OH)–C–C–N with tert-alkyl or cyclic N) is 1. The maximum absolute atomic E-state index is 12.4. The molecular formula is C17H17NO2. The van der Waals surface area contributed by atoms with Crippen LogP contribution in [0.1, 0.15) is 27.6 Å². The van der Waals surface area contributed by atoms with E-state index in [4.69, 9.17) is 0 Å². The van der Waals surface area contributed by atoms with Gasteiger partial charge in [0, 0.05) is 12.1 Å². The van der Waals surface area contributed by atoms with Gasteiger partial charge in [-0.05, 0) is 23.6 Å². The van der Waals surface area contributed by atoms with Gasteiger partial charge in [-0.3, -0.25) is 4.79 Å². The van der Waals surface area contributed by atoms with E-state index in [1.807, 2.05) is 54.6 Å². The second-order valence-electron chi connectivity index (χ2n) is 5.08. The minimum atomic E-state index is -0.634. The first kappa shape index (κ1) is 12.9. The molecule has 2 aromatic carbocycles.